The number of methoxy groups -OCH3 is 1. The van der Waals surface area contributed by atoms with Crippen molar-refractivity contribution in [3.63, 3.8) is 0 Å². The maximum Gasteiger partial charge on any atom is 0.318 e. The molecule has 0 spiro atoms. The summed E-state index contributed by atoms with van der Waals surface area (Å²) in [7, 11) is 1.24. The minimum Gasteiger partial charge on any atom is -0.468 e. The first kappa shape index (κ1) is 13.1. The highest BCUT2D eigenvalue weighted by Gasteiger charge is 2.43. The molecule has 4 nitrogen and oxygen atoms in total. The Kier molecular flexibility index (Phi) is 3.20. The van der Waals surface area contributed by atoms with Crippen molar-refractivity contribution in [3.8, 4) is 0 Å². The van der Waals surface area contributed by atoms with Crippen molar-refractivity contribution < 1.29 is 18.7 Å². The molecule has 106 valence electrons. The SMILES string of the molecule is COC(=O)[C@H]1C(=O)NC[C@@H]1c1cc2c(cc1F)CCC2. The number of ether oxygens (including phenoxy) is 1. The number of esters is 1. The topological polar surface area (TPSA) is 55.4 Å². The summed E-state index contributed by atoms with van der Waals surface area (Å²) in [4.78, 5) is 23.5. The number of benzene rings is 1. The van der Waals surface area contributed by atoms with Crippen LogP contribution in [0.25, 0.3) is 0 Å². The van der Waals surface area contributed by atoms with Gasteiger partial charge in [-0.1, -0.05) is 6.07 Å². The van der Waals surface area contributed by atoms with Crippen LogP contribution in [0.2, 0.25) is 0 Å². The average Bonchev–Trinajstić information content (AvgIpc) is 3.02. The summed E-state index contributed by atoms with van der Waals surface area (Å²) >= 11 is 0. The highest BCUT2D eigenvalue weighted by molar-refractivity contribution is 6.00. The van der Waals surface area contributed by atoms with Crippen LogP contribution < -0.4 is 5.32 Å². The Labute approximate surface area is 116 Å². The molecular weight excluding hydrogens is 261 g/mol. The van der Waals surface area contributed by atoms with Gasteiger partial charge < -0.3 is 10.1 Å². The Morgan fingerprint density at radius 2 is 2.05 bits per heavy atom. The normalized spacial score (nSPS) is 24.4. The first-order valence-electron chi connectivity index (χ1n) is 6.78. The van der Waals surface area contributed by atoms with E-state index in [1.165, 1.54) is 7.11 Å². The largest absolute Gasteiger partial charge is 0.468 e. The van der Waals surface area contributed by atoms with Gasteiger partial charge in [0.2, 0.25) is 5.91 Å². The smallest absolute Gasteiger partial charge is 0.318 e. The molecule has 0 bridgehead atoms. The number of hydrogen-bond acceptors (Lipinski definition) is 3. The Hall–Kier alpha value is -1.91. The summed E-state index contributed by atoms with van der Waals surface area (Å²) in [6.45, 7) is 0.272. The highest BCUT2D eigenvalue weighted by atomic mass is 19.1. The predicted molar refractivity (Wildman–Crippen MR) is 69.7 cm³/mol. The van der Waals surface area contributed by atoms with E-state index in [2.05, 4.69) is 10.1 Å². The van der Waals surface area contributed by atoms with E-state index in [1.54, 1.807) is 6.07 Å². The first-order chi connectivity index (χ1) is 9.61. The third kappa shape index (κ3) is 1.97. The minimum absolute atomic E-state index is 0.272. The van der Waals surface area contributed by atoms with E-state index < -0.39 is 17.8 Å². The highest BCUT2D eigenvalue weighted by Crippen LogP contribution is 2.35. The van der Waals surface area contributed by atoms with Crippen molar-refractivity contribution in [1.29, 1.82) is 0 Å². The summed E-state index contributed by atoms with van der Waals surface area (Å²) in [5.41, 5.74) is 2.61. The molecule has 1 heterocycles. The Bertz CT molecular complexity index is 585. The van der Waals surface area contributed by atoms with Crippen molar-refractivity contribution in [2.75, 3.05) is 13.7 Å². The second-order valence-electron chi connectivity index (χ2n) is 5.35. The van der Waals surface area contributed by atoms with E-state index in [9.17, 15) is 14.0 Å². The number of aryl methyl sites for hydroxylation is 2. The fraction of sp³-hybridized carbons (Fsp3) is 0.467. The van der Waals surface area contributed by atoms with Crippen molar-refractivity contribution in [2.24, 2.45) is 5.92 Å². The lowest BCUT2D eigenvalue weighted by molar-refractivity contribution is -0.149. The van der Waals surface area contributed by atoms with Crippen LogP contribution >= 0.6 is 0 Å². The molecule has 0 saturated carbocycles. The zero-order chi connectivity index (χ0) is 14.3. The molecule has 2 atom stereocenters. The lowest BCUT2D eigenvalue weighted by Crippen LogP contribution is -2.28. The Morgan fingerprint density at radius 3 is 2.75 bits per heavy atom. The van der Waals surface area contributed by atoms with Crippen LogP contribution in [0.15, 0.2) is 12.1 Å². The number of rotatable bonds is 2. The van der Waals surface area contributed by atoms with E-state index in [0.717, 1.165) is 30.4 Å². The van der Waals surface area contributed by atoms with Gasteiger partial charge in [0.25, 0.3) is 0 Å². The van der Waals surface area contributed by atoms with Crippen LogP contribution in [0.5, 0.6) is 0 Å². The van der Waals surface area contributed by atoms with E-state index >= 15 is 0 Å². The van der Waals surface area contributed by atoms with E-state index in [4.69, 9.17) is 0 Å². The number of hydrogen-bond donors (Lipinski definition) is 1. The molecule has 0 unspecified atom stereocenters. The van der Waals surface area contributed by atoms with Gasteiger partial charge in [-0.3, -0.25) is 9.59 Å². The van der Waals surface area contributed by atoms with E-state index in [1.807, 2.05) is 6.07 Å². The van der Waals surface area contributed by atoms with E-state index in [0.29, 0.717) is 5.56 Å². The van der Waals surface area contributed by atoms with Crippen LogP contribution in [0.4, 0.5) is 4.39 Å². The monoisotopic (exact) mass is 277 g/mol. The molecular formula is C15H16FNO3. The van der Waals surface area contributed by atoms with Gasteiger partial charge in [0.05, 0.1) is 7.11 Å². The van der Waals surface area contributed by atoms with Crippen LogP contribution in [0, 0.1) is 11.7 Å². The fourth-order valence-corrected chi connectivity index (χ4v) is 3.21. The zero-order valence-corrected chi connectivity index (χ0v) is 11.2. The number of carbonyl (C=O) groups is 2. The van der Waals surface area contributed by atoms with Crippen molar-refractivity contribution in [3.05, 3.63) is 34.6 Å². The quantitative estimate of drug-likeness (QED) is 0.655. The third-order valence-corrected chi connectivity index (χ3v) is 4.25. The van der Waals surface area contributed by atoms with Gasteiger partial charge in [0.15, 0.2) is 0 Å². The molecule has 0 radical (unpaired) electrons. The molecule has 1 fully saturated rings. The van der Waals surface area contributed by atoms with Gasteiger partial charge in [0.1, 0.15) is 11.7 Å². The van der Waals surface area contributed by atoms with Gasteiger partial charge >= 0.3 is 5.97 Å². The van der Waals surface area contributed by atoms with Crippen LogP contribution in [0.1, 0.15) is 29.0 Å². The number of carbonyl (C=O) groups excluding carboxylic acids is 2. The molecule has 3 rings (SSSR count). The second kappa shape index (κ2) is 4.89. The lowest BCUT2D eigenvalue weighted by atomic mass is 9.86. The molecule has 1 aromatic carbocycles. The number of nitrogens with one attached hydrogen (secondary N) is 1. The molecule has 0 aromatic heterocycles. The van der Waals surface area contributed by atoms with Crippen molar-refractivity contribution >= 4 is 11.9 Å². The van der Waals surface area contributed by atoms with Crippen LogP contribution in [0.3, 0.4) is 0 Å². The second-order valence-corrected chi connectivity index (χ2v) is 5.35. The molecule has 20 heavy (non-hydrogen) atoms. The molecule has 1 aliphatic heterocycles. The van der Waals surface area contributed by atoms with Gasteiger partial charge in [-0.2, -0.15) is 0 Å². The summed E-state index contributed by atoms with van der Waals surface area (Å²) in [6.07, 6.45) is 2.86. The molecule has 2 aliphatic rings. The molecule has 1 aliphatic carbocycles. The standard InChI is InChI=1S/C15H16FNO3/c1-20-15(19)13-11(7-17-14(13)18)10-5-8-3-2-4-9(8)6-12(10)16/h5-6,11,13H,2-4,7H2,1H3,(H,17,18)/t11-,13-/m1/s1. The molecule has 1 amide bonds. The molecule has 1 N–H and O–H groups in total. The summed E-state index contributed by atoms with van der Waals surface area (Å²) in [5, 5.41) is 2.62. The number of fused-ring (bicyclic) bond motifs is 1. The number of halogens is 1. The van der Waals surface area contributed by atoms with Gasteiger partial charge in [-0.05, 0) is 42.0 Å². The summed E-state index contributed by atoms with van der Waals surface area (Å²) in [6, 6.07) is 3.37. The zero-order valence-electron chi connectivity index (χ0n) is 11.2. The molecule has 5 heteroatoms. The fourth-order valence-electron chi connectivity index (χ4n) is 3.21. The Morgan fingerprint density at radius 1 is 1.35 bits per heavy atom. The summed E-state index contributed by atoms with van der Waals surface area (Å²) in [5.74, 6) is -2.76. The van der Waals surface area contributed by atoms with Gasteiger partial charge in [-0.15, -0.1) is 0 Å². The Balaban J connectivity index is 2.00. The maximum atomic E-state index is 14.3. The van der Waals surface area contributed by atoms with Crippen molar-refractivity contribution in [2.45, 2.75) is 25.2 Å². The molecule has 1 aromatic rings. The maximum absolute atomic E-state index is 14.3. The lowest BCUT2D eigenvalue weighted by Gasteiger charge is -2.17. The average molecular weight is 277 g/mol. The predicted octanol–water partition coefficient (Wildman–Crippen LogP) is 1.32. The molecule has 1 saturated heterocycles. The first-order valence-corrected chi connectivity index (χ1v) is 6.78. The van der Waals surface area contributed by atoms with Crippen LogP contribution in [-0.4, -0.2) is 25.5 Å². The third-order valence-electron chi connectivity index (χ3n) is 4.25. The van der Waals surface area contributed by atoms with Crippen LogP contribution in [-0.2, 0) is 27.2 Å². The van der Waals surface area contributed by atoms with Crippen molar-refractivity contribution in [1.82, 2.24) is 5.32 Å². The van der Waals surface area contributed by atoms with E-state index in [-0.39, 0.29) is 18.3 Å². The van der Waals surface area contributed by atoms with Gasteiger partial charge in [0, 0.05) is 12.5 Å². The summed E-state index contributed by atoms with van der Waals surface area (Å²) < 4.78 is 18.9. The number of amides is 1. The minimum atomic E-state index is -0.950. The van der Waals surface area contributed by atoms with Gasteiger partial charge in [-0.25, -0.2) is 4.39 Å².